The Hall–Kier alpha value is -1.13. The van der Waals surface area contributed by atoms with Crippen molar-refractivity contribution in [2.45, 2.75) is 18.4 Å². The second-order valence-corrected chi connectivity index (χ2v) is 4.30. The Kier molecular flexibility index (Phi) is 3.10. The number of piperidine rings is 1. The number of nitrogens with one attached hydrogen (secondary N) is 1. The van der Waals surface area contributed by atoms with Gasteiger partial charge >= 0.3 is 5.97 Å². The number of esters is 1. The standard InChI is InChI=1S/C12H12FNO2.ClH/c13-9-3-1-2-8-10(9)11(15)16-12(8)4-6-14-7-5-12;/h1-3,14H,4-7H2;1H. The van der Waals surface area contributed by atoms with E-state index in [4.69, 9.17) is 4.74 Å². The minimum Gasteiger partial charge on any atom is -0.450 e. The molecule has 0 bridgehead atoms. The number of halogens is 2. The van der Waals surface area contributed by atoms with E-state index in [2.05, 4.69) is 5.32 Å². The molecule has 3 nitrogen and oxygen atoms in total. The van der Waals surface area contributed by atoms with Gasteiger partial charge in [0, 0.05) is 18.4 Å². The van der Waals surface area contributed by atoms with Crippen LogP contribution in [0, 0.1) is 5.82 Å². The number of carbonyl (C=O) groups is 1. The first-order valence-electron chi connectivity index (χ1n) is 5.46. The van der Waals surface area contributed by atoms with Crippen molar-refractivity contribution in [3.8, 4) is 0 Å². The van der Waals surface area contributed by atoms with E-state index in [0.29, 0.717) is 0 Å². The van der Waals surface area contributed by atoms with E-state index >= 15 is 0 Å². The first-order chi connectivity index (χ1) is 7.73. The molecule has 1 aromatic carbocycles. The largest absolute Gasteiger partial charge is 0.450 e. The molecule has 0 saturated carbocycles. The van der Waals surface area contributed by atoms with Gasteiger partial charge < -0.3 is 10.1 Å². The van der Waals surface area contributed by atoms with Crippen LogP contribution in [0.3, 0.4) is 0 Å². The highest BCUT2D eigenvalue weighted by atomic mass is 35.5. The summed E-state index contributed by atoms with van der Waals surface area (Å²) in [7, 11) is 0. The zero-order valence-electron chi connectivity index (χ0n) is 9.16. The van der Waals surface area contributed by atoms with E-state index in [0.717, 1.165) is 31.5 Å². The molecule has 2 aliphatic rings. The van der Waals surface area contributed by atoms with Crippen molar-refractivity contribution in [2.24, 2.45) is 0 Å². The fourth-order valence-corrected chi connectivity index (χ4v) is 2.60. The van der Waals surface area contributed by atoms with Crippen LogP contribution in [0.15, 0.2) is 18.2 Å². The fraction of sp³-hybridized carbons (Fsp3) is 0.417. The van der Waals surface area contributed by atoms with Gasteiger partial charge in [0.15, 0.2) is 0 Å². The molecule has 5 heteroatoms. The molecular weight excluding hydrogens is 245 g/mol. The molecule has 3 rings (SSSR count). The Balaban J connectivity index is 0.00000108. The van der Waals surface area contributed by atoms with Crippen molar-refractivity contribution in [3.63, 3.8) is 0 Å². The number of hydrogen-bond acceptors (Lipinski definition) is 3. The summed E-state index contributed by atoms with van der Waals surface area (Å²) >= 11 is 0. The lowest BCUT2D eigenvalue weighted by atomic mass is 9.84. The number of ether oxygens (including phenoxy) is 1. The van der Waals surface area contributed by atoms with Crippen LogP contribution in [0.5, 0.6) is 0 Å². The normalized spacial score (nSPS) is 20.6. The average Bonchev–Trinajstić information content (AvgIpc) is 2.55. The van der Waals surface area contributed by atoms with Gasteiger partial charge in [-0.3, -0.25) is 0 Å². The van der Waals surface area contributed by atoms with Gasteiger partial charge in [0.25, 0.3) is 0 Å². The molecule has 92 valence electrons. The molecule has 1 N–H and O–H groups in total. The number of rotatable bonds is 0. The van der Waals surface area contributed by atoms with E-state index in [9.17, 15) is 9.18 Å². The van der Waals surface area contributed by atoms with Gasteiger partial charge in [-0.05, 0) is 19.2 Å². The maximum Gasteiger partial charge on any atom is 0.342 e. The Morgan fingerprint density at radius 3 is 2.71 bits per heavy atom. The van der Waals surface area contributed by atoms with Crippen LogP contribution >= 0.6 is 12.4 Å². The maximum absolute atomic E-state index is 13.6. The van der Waals surface area contributed by atoms with E-state index < -0.39 is 17.4 Å². The summed E-state index contributed by atoms with van der Waals surface area (Å²) < 4.78 is 19.0. The van der Waals surface area contributed by atoms with Crippen molar-refractivity contribution >= 4 is 18.4 Å². The minimum atomic E-state index is -0.584. The third kappa shape index (κ3) is 1.72. The van der Waals surface area contributed by atoms with Gasteiger partial charge in [-0.25, -0.2) is 9.18 Å². The van der Waals surface area contributed by atoms with Crippen LogP contribution in [0.1, 0.15) is 28.8 Å². The SMILES string of the molecule is Cl.O=C1OC2(CCNCC2)c2cccc(F)c21. The molecule has 17 heavy (non-hydrogen) atoms. The monoisotopic (exact) mass is 257 g/mol. The first-order valence-corrected chi connectivity index (χ1v) is 5.46. The topological polar surface area (TPSA) is 38.3 Å². The van der Waals surface area contributed by atoms with Crippen LogP contribution in [-0.2, 0) is 10.3 Å². The molecule has 0 amide bonds. The lowest BCUT2D eigenvalue weighted by Crippen LogP contribution is -2.39. The summed E-state index contributed by atoms with van der Waals surface area (Å²) in [4.78, 5) is 11.7. The number of hydrogen-bond donors (Lipinski definition) is 1. The van der Waals surface area contributed by atoms with Crippen LogP contribution in [0.4, 0.5) is 4.39 Å². The first kappa shape index (κ1) is 12.3. The van der Waals surface area contributed by atoms with Crippen LogP contribution in [0.25, 0.3) is 0 Å². The highest BCUT2D eigenvalue weighted by molar-refractivity contribution is 5.95. The molecule has 0 aliphatic carbocycles. The zero-order chi connectivity index (χ0) is 11.2. The summed E-state index contributed by atoms with van der Waals surface area (Å²) in [6.45, 7) is 1.59. The van der Waals surface area contributed by atoms with Gasteiger partial charge in [-0.1, -0.05) is 12.1 Å². The van der Waals surface area contributed by atoms with Crippen molar-refractivity contribution in [2.75, 3.05) is 13.1 Å². The Bertz CT molecular complexity index is 458. The lowest BCUT2D eigenvalue weighted by molar-refractivity contribution is -0.0242. The summed E-state index contributed by atoms with van der Waals surface area (Å²) in [5, 5.41) is 3.21. The van der Waals surface area contributed by atoms with E-state index in [1.54, 1.807) is 12.1 Å². The second kappa shape index (κ2) is 4.27. The predicted octanol–water partition coefficient (Wildman–Crippen LogP) is 2.00. The molecule has 0 radical (unpaired) electrons. The summed E-state index contributed by atoms with van der Waals surface area (Å²) in [6.07, 6.45) is 1.43. The molecule has 0 atom stereocenters. The molecule has 1 spiro atoms. The third-order valence-electron chi connectivity index (χ3n) is 3.41. The van der Waals surface area contributed by atoms with Gasteiger partial charge in [-0.2, -0.15) is 0 Å². The average molecular weight is 258 g/mol. The third-order valence-corrected chi connectivity index (χ3v) is 3.41. The highest BCUT2D eigenvalue weighted by Gasteiger charge is 2.47. The van der Waals surface area contributed by atoms with Gasteiger partial charge in [-0.15, -0.1) is 12.4 Å². The van der Waals surface area contributed by atoms with Gasteiger partial charge in [0.1, 0.15) is 17.0 Å². The molecule has 2 aliphatic heterocycles. The molecule has 0 unspecified atom stereocenters. The van der Waals surface area contributed by atoms with E-state index in [-0.39, 0.29) is 18.0 Å². The van der Waals surface area contributed by atoms with Crippen molar-refractivity contribution in [1.82, 2.24) is 5.32 Å². The number of benzene rings is 1. The van der Waals surface area contributed by atoms with Gasteiger partial charge in [0.2, 0.25) is 0 Å². The Morgan fingerprint density at radius 1 is 1.29 bits per heavy atom. The molecular formula is C12H13ClFNO2. The minimum absolute atomic E-state index is 0. The molecule has 0 aromatic heterocycles. The van der Waals surface area contributed by atoms with Crippen molar-refractivity contribution < 1.29 is 13.9 Å². The Labute approximate surface area is 105 Å². The number of carbonyl (C=O) groups excluding carboxylic acids is 1. The quantitative estimate of drug-likeness (QED) is 0.723. The van der Waals surface area contributed by atoms with E-state index in [1.165, 1.54) is 6.07 Å². The maximum atomic E-state index is 13.6. The smallest absolute Gasteiger partial charge is 0.342 e. The number of fused-ring (bicyclic) bond motifs is 2. The van der Waals surface area contributed by atoms with Crippen molar-refractivity contribution in [3.05, 3.63) is 35.1 Å². The van der Waals surface area contributed by atoms with E-state index in [1.807, 2.05) is 0 Å². The fourth-order valence-electron chi connectivity index (χ4n) is 2.60. The molecule has 2 heterocycles. The van der Waals surface area contributed by atoms with Crippen LogP contribution in [0.2, 0.25) is 0 Å². The lowest BCUT2D eigenvalue weighted by Gasteiger charge is -2.33. The second-order valence-electron chi connectivity index (χ2n) is 4.30. The Morgan fingerprint density at radius 2 is 2.00 bits per heavy atom. The molecule has 1 saturated heterocycles. The highest BCUT2D eigenvalue weighted by Crippen LogP contribution is 2.43. The molecule has 1 fully saturated rings. The van der Waals surface area contributed by atoms with Crippen LogP contribution in [-0.4, -0.2) is 19.1 Å². The van der Waals surface area contributed by atoms with Crippen molar-refractivity contribution in [1.29, 1.82) is 0 Å². The van der Waals surface area contributed by atoms with Crippen LogP contribution < -0.4 is 5.32 Å². The zero-order valence-corrected chi connectivity index (χ0v) is 9.98. The summed E-state index contributed by atoms with van der Waals surface area (Å²) in [6, 6.07) is 4.74. The summed E-state index contributed by atoms with van der Waals surface area (Å²) in [5.41, 5.74) is 0.267. The van der Waals surface area contributed by atoms with Gasteiger partial charge in [0.05, 0.1) is 0 Å². The summed E-state index contributed by atoms with van der Waals surface area (Å²) in [5.74, 6) is -0.993. The molecule has 1 aromatic rings. The predicted molar refractivity (Wildman–Crippen MR) is 62.8 cm³/mol.